The molecular weight excluding hydrogens is 803 g/mol. The molecule has 7 N–H and O–H groups in total. The van der Waals surface area contributed by atoms with Gasteiger partial charge in [0.1, 0.15) is 35.1 Å². The van der Waals surface area contributed by atoms with E-state index in [0.29, 0.717) is 5.56 Å². The average Bonchev–Trinajstić information content (AvgIpc) is 3.19. The number of carbonyl (C=O) groups is 6. The smallest absolute Gasteiger partial charge is 0.413 e. The zero-order valence-electron chi connectivity index (χ0n) is 34.9. The van der Waals surface area contributed by atoms with Crippen LogP contribution in [0.2, 0.25) is 0 Å². The molecule has 0 heterocycles. The molecule has 4 aromatic carbocycles. The van der Waals surface area contributed by atoms with Gasteiger partial charge < -0.3 is 46.3 Å². The Bertz CT molecular complexity index is 2010. The second-order valence-corrected chi connectivity index (χ2v) is 17.1. The van der Waals surface area contributed by atoms with Crippen LogP contribution >= 0.6 is 11.8 Å². The summed E-state index contributed by atoms with van der Waals surface area (Å²) < 4.78 is 15.1. The van der Waals surface area contributed by atoms with Gasteiger partial charge in [0.2, 0.25) is 11.8 Å². The Labute approximate surface area is 359 Å². The van der Waals surface area contributed by atoms with E-state index in [0.717, 1.165) is 16.7 Å². The minimum Gasteiger partial charge on any atom is -0.480 e. The van der Waals surface area contributed by atoms with Gasteiger partial charge in [0, 0.05) is 12.2 Å². The van der Waals surface area contributed by atoms with E-state index in [1.54, 1.807) is 41.5 Å². The minimum absolute atomic E-state index is 0.00120. The van der Waals surface area contributed by atoms with Crippen LogP contribution in [0.15, 0.2) is 115 Å². The van der Waals surface area contributed by atoms with Crippen molar-refractivity contribution in [3.63, 3.8) is 0 Å². The van der Waals surface area contributed by atoms with E-state index in [4.69, 9.17) is 19.9 Å². The van der Waals surface area contributed by atoms with Crippen molar-refractivity contribution in [1.82, 2.24) is 21.3 Å². The predicted molar refractivity (Wildman–Crippen MR) is 231 cm³/mol. The van der Waals surface area contributed by atoms with E-state index in [1.807, 2.05) is 91.0 Å². The summed E-state index contributed by atoms with van der Waals surface area (Å²) in [6, 6.07) is 30.9. The minimum atomic E-state index is -1.48. The lowest BCUT2D eigenvalue weighted by Crippen LogP contribution is -2.57. The molecule has 0 aliphatic heterocycles. The Kier molecular flexibility index (Phi) is 16.3. The van der Waals surface area contributed by atoms with Gasteiger partial charge in [-0.05, 0) is 75.9 Å². The number of alkyl carbamates (subject to hydrolysis) is 2. The van der Waals surface area contributed by atoms with Gasteiger partial charge in [-0.25, -0.2) is 19.2 Å². The van der Waals surface area contributed by atoms with Gasteiger partial charge in [-0.3, -0.25) is 9.59 Å². The average molecular weight is 856 g/mol. The first-order chi connectivity index (χ1) is 28.8. The molecule has 3 atom stereocenters. The summed E-state index contributed by atoms with van der Waals surface area (Å²) in [6.45, 7) is 9.46. The highest BCUT2D eigenvalue weighted by atomic mass is 32.2. The molecule has 0 spiro atoms. The topological polar surface area (TPSA) is 224 Å². The van der Waals surface area contributed by atoms with Gasteiger partial charge in [-0.15, -0.1) is 11.8 Å². The fourth-order valence-corrected chi connectivity index (χ4v) is 7.58. The molecular formula is C45H53N5O10S. The van der Waals surface area contributed by atoms with E-state index >= 15 is 0 Å². The monoisotopic (exact) mass is 855 g/mol. The van der Waals surface area contributed by atoms with Gasteiger partial charge >= 0.3 is 24.2 Å². The molecule has 0 saturated heterocycles. The van der Waals surface area contributed by atoms with Crippen LogP contribution in [0.4, 0.5) is 14.4 Å². The van der Waals surface area contributed by atoms with Gasteiger partial charge in [0.05, 0.1) is 11.3 Å². The molecule has 0 aromatic heterocycles. The number of carboxylic acid groups (broad SMARTS) is 1. The number of ether oxygens (including phenoxy) is 3. The number of primary amides is 1. The predicted octanol–water partition coefficient (Wildman–Crippen LogP) is 5.88. The highest BCUT2D eigenvalue weighted by molar-refractivity contribution is 8.00. The number of hydrogen-bond acceptors (Lipinski definition) is 10. The largest absolute Gasteiger partial charge is 0.480 e. The number of carbonyl (C=O) groups excluding carboxylic acids is 5. The summed E-state index contributed by atoms with van der Waals surface area (Å²) >= 11 is 1.39. The van der Waals surface area contributed by atoms with Gasteiger partial charge in [0.25, 0.3) is 0 Å². The maximum atomic E-state index is 14.0. The highest BCUT2D eigenvalue weighted by Crippen LogP contribution is 2.48. The van der Waals surface area contributed by atoms with Crippen molar-refractivity contribution in [3.05, 3.63) is 138 Å². The van der Waals surface area contributed by atoms with Crippen molar-refractivity contribution in [2.75, 3.05) is 12.3 Å². The van der Waals surface area contributed by atoms with Crippen molar-refractivity contribution in [3.8, 4) is 5.75 Å². The third-order valence-corrected chi connectivity index (χ3v) is 10.3. The van der Waals surface area contributed by atoms with E-state index in [9.17, 15) is 33.9 Å². The number of carboxylic acids is 1. The van der Waals surface area contributed by atoms with E-state index in [-0.39, 0.29) is 17.9 Å². The Morgan fingerprint density at radius 2 is 1.07 bits per heavy atom. The third-order valence-electron chi connectivity index (χ3n) is 8.69. The maximum Gasteiger partial charge on any atom is 0.413 e. The lowest BCUT2D eigenvalue weighted by molar-refractivity contribution is -0.139. The second kappa shape index (κ2) is 21.1. The summed E-state index contributed by atoms with van der Waals surface area (Å²) in [5.41, 5.74) is 7.45. The van der Waals surface area contributed by atoms with Crippen molar-refractivity contribution < 1.29 is 48.1 Å². The fourth-order valence-electron chi connectivity index (χ4n) is 6.01. The van der Waals surface area contributed by atoms with Crippen molar-refractivity contribution in [2.24, 2.45) is 5.73 Å². The summed E-state index contributed by atoms with van der Waals surface area (Å²) in [5.74, 6) is -2.95. The molecule has 5 amide bonds. The number of aliphatic carboxylic acids is 1. The number of thioether (sulfide) groups is 1. The Morgan fingerprint density at radius 1 is 0.607 bits per heavy atom. The van der Waals surface area contributed by atoms with Crippen LogP contribution in [0.5, 0.6) is 5.75 Å². The summed E-state index contributed by atoms with van der Waals surface area (Å²) in [5, 5.41) is 19.6. The molecule has 0 saturated carbocycles. The molecule has 16 heteroatoms. The number of nitrogens with one attached hydrogen (secondary N) is 4. The van der Waals surface area contributed by atoms with E-state index in [2.05, 4.69) is 21.3 Å². The van der Waals surface area contributed by atoms with Crippen LogP contribution in [-0.2, 0) is 35.0 Å². The summed E-state index contributed by atoms with van der Waals surface area (Å²) in [4.78, 5) is 76.9. The molecule has 4 aromatic rings. The van der Waals surface area contributed by atoms with Crippen molar-refractivity contribution in [1.29, 1.82) is 0 Å². The van der Waals surface area contributed by atoms with Gasteiger partial charge in [-0.1, -0.05) is 103 Å². The molecule has 4 rings (SSSR count). The van der Waals surface area contributed by atoms with Gasteiger partial charge in [0.15, 0.2) is 0 Å². The van der Waals surface area contributed by atoms with Crippen molar-refractivity contribution >= 4 is 47.8 Å². The molecule has 0 radical (unpaired) electrons. The standard InChI is InChI=1S/C45H53N5O10S/c1-43(2,3)59-40(55)47-27-35(50-41(56)58-33-24-22-29(23-25-33)26-34(39(53)54)49-42(57)60-44(4,5)6)38(52)48-36(37(46)51)28-61-45(30-16-10-7-11-17-30,31-18-12-8-13-19-31)32-20-14-9-15-21-32/h7-25,34-36H,26-28H2,1-6H3,(H2,46,51)(H,47,55)(H,48,52)(H,49,57)(H,50,56)(H,53,54). The first kappa shape index (κ1) is 47.1. The zero-order valence-corrected chi connectivity index (χ0v) is 35.7. The second-order valence-electron chi connectivity index (χ2n) is 15.9. The Hall–Kier alpha value is -6.55. The van der Waals surface area contributed by atoms with Crippen LogP contribution in [0.3, 0.4) is 0 Å². The van der Waals surface area contributed by atoms with Crippen molar-refractivity contribution in [2.45, 2.75) is 82.0 Å². The molecule has 61 heavy (non-hydrogen) atoms. The first-order valence-electron chi connectivity index (χ1n) is 19.4. The van der Waals surface area contributed by atoms with Crippen LogP contribution in [0.25, 0.3) is 0 Å². The van der Waals surface area contributed by atoms with Crippen LogP contribution in [-0.4, -0.2) is 82.8 Å². The molecule has 15 nitrogen and oxygen atoms in total. The molecule has 0 bridgehead atoms. The van der Waals surface area contributed by atoms with Crippen LogP contribution in [0.1, 0.15) is 63.8 Å². The highest BCUT2D eigenvalue weighted by Gasteiger charge is 2.39. The number of amides is 5. The Balaban J connectivity index is 1.53. The lowest BCUT2D eigenvalue weighted by atomic mass is 9.84. The Morgan fingerprint density at radius 3 is 1.51 bits per heavy atom. The first-order valence-corrected chi connectivity index (χ1v) is 20.4. The van der Waals surface area contributed by atoms with E-state index < -0.39 is 76.7 Å². The maximum absolute atomic E-state index is 14.0. The molecule has 324 valence electrons. The zero-order chi connectivity index (χ0) is 44.8. The third kappa shape index (κ3) is 14.6. The molecule has 0 aliphatic carbocycles. The van der Waals surface area contributed by atoms with Crippen LogP contribution in [0, 0.1) is 0 Å². The van der Waals surface area contributed by atoms with E-state index in [1.165, 1.54) is 36.0 Å². The molecule has 0 aliphatic rings. The number of hydrogen-bond donors (Lipinski definition) is 6. The number of rotatable bonds is 17. The lowest BCUT2D eigenvalue weighted by Gasteiger charge is -2.36. The molecule has 0 fully saturated rings. The summed E-state index contributed by atoms with van der Waals surface area (Å²) in [7, 11) is 0. The number of nitrogens with two attached hydrogens (primary N) is 1. The fraction of sp³-hybridized carbons (Fsp3) is 0.333. The van der Waals surface area contributed by atoms with Crippen LogP contribution < -0.4 is 31.7 Å². The van der Waals surface area contributed by atoms with Gasteiger partial charge in [-0.2, -0.15) is 0 Å². The summed E-state index contributed by atoms with van der Waals surface area (Å²) in [6.07, 6.45) is -2.95. The number of benzene rings is 4. The normalized spacial score (nSPS) is 13.0. The quantitative estimate of drug-likeness (QED) is 0.0688. The SMILES string of the molecule is CC(C)(C)OC(=O)NCC(NC(=O)Oc1ccc(CC(NC(=O)OC(C)(C)C)C(=O)O)cc1)C(=O)NC(CSC(c1ccccc1)(c1ccccc1)c1ccccc1)C(N)=O. The molecule has 3 unspecified atom stereocenters.